The molecular weight excluding hydrogens is 291 g/mol. The predicted octanol–water partition coefficient (Wildman–Crippen LogP) is 5.14. The second-order valence-electron chi connectivity index (χ2n) is 4.86. The number of hydrogen-bond acceptors (Lipinski definition) is 1. The van der Waals surface area contributed by atoms with Crippen molar-refractivity contribution in [1.82, 2.24) is 9.55 Å². The van der Waals surface area contributed by atoms with Crippen LogP contribution in [0.3, 0.4) is 0 Å². The molecule has 0 atom stereocenters. The minimum absolute atomic E-state index is 0.564. The molecule has 0 saturated carbocycles. The van der Waals surface area contributed by atoms with Gasteiger partial charge in [0.2, 0.25) is 0 Å². The molecule has 0 saturated heterocycles. The number of hydrogen-bond donors (Lipinski definition) is 0. The van der Waals surface area contributed by atoms with Gasteiger partial charge in [-0.05, 0) is 24.3 Å². The van der Waals surface area contributed by atoms with Crippen LogP contribution in [0.15, 0.2) is 42.5 Å². The highest BCUT2D eigenvalue weighted by atomic mass is 35.5. The van der Waals surface area contributed by atoms with Crippen LogP contribution in [0.25, 0.3) is 33.2 Å². The molecule has 0 aliphatic carbocycles. The molecule has 0 N–H and O–H groups in total. The molecule has 2 aromatic carbocycles. The molecule has 4 rings (SSSR count). The Labute approximate surface area is 125 Å². The monoisotopic (exact) mass is 300 g/mol. The van der Waals surface area contributed by atoms with Crippen molar-refractivity contribution in [3.63, 3.8) is 0 Å². The summed E-state index contributed by atoms with van der Waals surface area (Å²) in [4.78, 5) is 4.67. The third kappa shape index (κ3) is 1.49. The first-order chi connectivity index (χ1) is 9.66. The summed E-state index contributed by atoms with van der Waals surface area (Å²) in [5, 5.41) is 3.22. The Morgan fingerprint density at radius 2 is 1.80 bits per heavy atom. The first-order valence-corrected chi connectivity index (χ1v) is 7.04. The Bertz CT molecular complexity index is 940. The molecule has 2 aromatic rings. The molecule has 2 nitrogen and oxygen atoms in total. The average molecular weight is 301 g/mol. The molecular formula is C16H10Cl2N2. The molecule has 20 heavy (non-hydrogen) atoms. The number of para-hydroxylation sites is 1. The van der Waals surface area contributed by atoms with Gasteiger partial charge in [-0.3, -0.25) is 0 Å². The van der Waals surface area contributed by atoms with Gasteiger partial charge in [0.25, 0.3) is 0 Å². The van der Waals surface area contributed by atoms with E-state index < -0.39 is 0 Å². The maximum Gasteiger partial charge on any atom is 0.0888 e. The van der Waals surface area contributed by atoms with Crippen molar-refractivity contribution >= 4 is 45.0 Å². The zero-order valence-electron chi connectivity index (χ0n) is 10.7. The molecule has 0 fully saturated rings. The number of nitrogens with zero attached hydrogens (tertiary/aromatic N) is 2. The largest absolute Gasteiger partial charge is 0.342 e. The molecule has 0 radical (unpaired) electrons. The summed E-state index contributed by atoms with van der Waals surface area (Å²) in [5.74, 6) is 0. The van der Waals surface area contributed by atoms with Crippen molar-refractivity contribution in [3.8, 4) is 11.4 Å². The fourth-order valence-corrected chi connectivity index (χ4v) is 3.17. The maximum atomic E-state index is 6.32. The highest BCUT2D eigenvalue weighted by Gasteiger charge is 2.17. The van der Waals surface area contributed by atoms with E-state index in [1.165, 1.54) is 0 Å². The second kappa shape index (κ2) is 4.11. The first-order valence-electron chi connectivity index (χ1n) is 6.28. The van der Waals surface area contributed by atoms with Crippen molar-refractivity contribution in [2.24, 2.45) is 7.05 Å². The zero-order valence-corrected chi connectivity index (χ0v) is 12.2. The van der Waals surface area contributed by atoms with E-state index in [1.54, 1.807) is 0 Å². The van der Waals surface area contributed by atoms with Gasteiger partial charge >= 0.3 is 0 Å². The van der Waals surface area contributed by atoms with Crippen molar-refractivity contribution < 1.29 is 0 Å². The van der Waals surface area contributed by atoms with Crippen LogP contribution in [-0.2, 0) is 7.05 Å². The van der Waals surface area contributed by atoms with Gasteiger partial charge in [-0.1, -0.05) is 41.4 Å². The lowest BCUT2D eigenvalue weighted by atomic mass is 10.1. The van der Waals surface area contributed by atoms with Crippen LogP contribution in [0, 0.1) is 0 Å². The van der Waals surface area contributed by atoms with Crippen LogP contribution in [0.5, 0.6) is 0 Å². The summed E-state index contributed by atoms with van der Waals surface area (Å²) in [6.07, 6.45) is 0. The standard InChI is InChI=1S/C16H10Cl2N2/c1-20-14-7-6-11(17)15(18)10(14)8-13-16(20)9-4-2-3-5-12(9)19-13/h2-8H,1H3. The van der Waals surface area contributed by atoms with Crippen LogP contribution in [0.1, 0.15) is 0 Å². The van der Waals surface area contributed by atoms with Gasteiger partial charge < -0.3 is 4.57 Å². The van der Waals surface area contributed by atoms with E-state index >= 15 is 0 Å². The zero-order chi connectivity index (χ0) is 13.9. The molecule has 0 unspecified atom stereocenters. The lowest BCUT2D eigenvalue weighted by Crippen LogP contribution is -1.99. The summed E-state index contributed by atoms with van der Waals surface area (Å²) in [6.45, 7) is 0. The van der Waals surface area contributed by atoms with Crippen molar-refractivity contribution in [1.29, 1.82) is 0 Å². The van der Waals surface area contributed by atoms with E-state index in [9.17, 15) is 0 Å². The molecule has 0 spiro atoms. The van der Waals surface area contributed by atoms with E-state index in [1.807, 2.05) is 43.4 Å². The summed E-state index contributed by atoms with van der Waals surface area (Å²) < 4.78 is 2.13. The van der Waals surface area contributed by atoms with Crippen LogP contribution in [-0.4, -0.2) is 9.55 Å². The number of rotatable bonds is 0. The number of halogens is 2. The molecule has 2 aliphatic rings. The molecule has 0 aromatic heterocycles. The van der Waals surface area contributed by atoms with E-state index in [2.05, 4.69) is 15.6 Å². The van der Waals surface area contributed by atoms with Crippen LogP contribution in [0.2, 0.25) is 10.0 Å². The lowest BCUT2D eigenvalue weighted by Gasteiger charge is -2.13. The van der Waals surface area contributed by atoms with E-state index in [-0.39, 0.29) is 0 Å². The Morgan fingerprint density at radius 1 is 1.00 bits per heavy atom. The van der Waals surface area contributed by atoms with Crippen molar-refractivity contribution in [2.75, 3.05) is 0 Å². The van der Waals surface area contributed by atoms with Gasteiger partial charge in [0, 0.05) is 23.3 Å². The van der Waals surface area contributed by atoms with E-state index in [0.717, 1.165) is 33.2 Å². The molecule has 2 heterocycles. The van der Waals surface area contributed by atoms with Gasteiger partial charge in [-0.2, -0.15) is 0 Å². The highest BCUT2D eigenvalue weighted by Crippen LogP contribution is 2.38. The fraction of sp³-hybridized carbons (Fsp3) is 0.0625. The topological polar surface area (TPSA) is 17.8 Å². The minimum atomic E-state index is 0.564. The molecule has 0 bridgehead atoms. The fourth-order valence-electron chi connectivity index (χ4n) is 2.79. The smallest absolute Gasteiger partial charge is 0.0888 e. The lowest BCUT2D eigenvalue weighted by molar-refractivity contribution is 0.967. The third-order valence-electron chi connectivity index (χ3n) is 3.73. The van der Waals surface area contributed by atoms with Gasteiger partial charge in [-0.25, -0.2) is 4.98 Å². The van der Waals surface area contributed by atoms with E-state index in [4.69, 9.17) is 23.2 Å². The molecule has 98 valence electrons. The predicted molar refractivity (Wildman–Crippen MR) is 84.9 cm³/mol. The van der Waals surface area contributed by atoms with Crippen LogP contribution in [0.4, 0.5) is 0 Å². The van der Waals surface area contributed by atoms with Gasteiger partial charge in [0.15, 0.2) is 0 Å². The van der Waals surface area contributed by atoms with Crippen molar-refractivity contribution in [3.05, 3.63) is 52.5 Å². The summed E-state index contributed by atoms with van der Waals surface area (Å²) in [6, 6.07) is 14.0. The van der Waals surface area contributed by atoms with Gasteiger partial charge in [0.1, 0.15) is 0 Å². The SMILES string of the molecule is Cn1c2c3ccccc3nc-2cc2c(Cl)c(Cl)ccc21. The molecule has 2 aliphatic heterocycles. The Balaban J connectivity index is 2.28. The normalized spacial score (nSPS) is 11.8. The molecule has 4 heteroatoms. The van der Waals surface area contributed by atoms with Gasteiger partial charge in [-0.15, -0.1) is 0 Å². The molecule has 0 amide bonds. The summed E-state index contributed by atoms with van der Waals surface area (Å²) >= 11 is 12.4. The summed E-state index contributed by atoms with van der Waals surface area (Å²) in [5.41, 5.74) is 4.09. The average Bonchev–Trinajstić information content (AvgIpc) is 2.82. The van der Waals surface area contributed by atoms with Crippen molar-refractivity contribution in [2.45, 2.75) is 0 Å². The Hall–Kier alpha value is -1.77. The minimum Gasteiger partial charge on any atom is -0.342 e. The van der Waals surface area contributed by atoms with Crippen LogP contribution < -0.4 is 0 Å². The Kier molecular flexibility index (Phi) is 2.47. The number of benzene rings is 2. The Morgan fingerprint density at radius 3 is 2.65 bits per heavy atom. The van der Waals surface area contributed by atoms with Crippen LogP contribution >= 0.6 is 23.2 Å². The number of aryl methyl sites for hydroxylation is 1. The quantitative estimate of drug-likeness (QED) is 0.440. The maximum absolute atomic E-state index is 6.32. The number of fused-ring (bicyclic) bond motifs is 4. The third-order valence-corrected chi connectivity index (χ3v) is 4.55. The second-order valence-corrected chi connectivity index (χ2v) is 5.65. The van der Waals surface area contributed by atoms with E-state index in [0.29, 0.717) is 10.0 Å². The highest BCUT2D eigenvalue weighted by molar-refractivity contribution is 6.45. The van der Waals surface area contributed by atoms with Gasteiger partial charge in [0.05, 0.1) is 26.9 Å². The first kappa shape index (κ1) is 12.0. The number of pyridine rings is 1. The summed E-state index contributed by atoms with van der Waals surface area (Å²) in [7, 11) is 2.03. The number of aromatic nitrogens is 2.